The Morgan fingerprint density at radius 3 is 2.54 bits per heavy atom. The van der Waals surface area contributed by atoms with Gasteiger partial charge in [-0.3, -0.25) is 0 Å². The zero-order chi connectivity index (χ0) is 9.68. The highest BCUT2D eigenvalue weighted by molar-refractivity contribution is 5.86. The number of esters is 1. The van der Waals surface area contributed by atoms with Crippen LogP contribution in [-0.4, -0.2) is 5.97 Å². The molecule has 0 spiro atoms. The highest BCUT2D eigenvalue weighted by Gasteiger charge is 2.02. The molecule has 0 aliphatic carbocycles. The highest BCUT2D eigenvalue weighted by Crippen LogP contribution is 2.02. The molecule has 13 heavy (non-hydrogen) atoms. The molecule has 1 rings (SSSR count). The summed E-state index contributed by atoms with van der Waals surface area (Å²) in [6, 6.07) is 9.55. The van der Waals surface area contributed by atoms with Gasteiger partial charge in [0.15, 0.2) is 0 Å². The van der Waals surface area contributed by atoms with Gasteiger partial charge in [0.1, 0.15) is 6.61 Å². The molecule has 0 radical (unpaired) electrons. The average molecular weight is 178 g/mol. The fraction of sp³-hybridized carbons (Fsp3) is 0.182. The van der Waals surface area contributed by atoms with Crippen LogP contribution in [0.15, 0.2) is 42.5 Å². The van der Waals surface area contributed by atoms with E-state index in [0.717, 1.165) is 5.56 Å². The van der Waals surface area contributed by atoms with E-state index >= 15 is 0 Å². The summed E-state index contributed by atoms with van der Waals surface area (Å²) in [5.74, 6) is -0.344. The van der Waals surface area contributed by atoms with E-state index in [-0.39, 0.29) is 5.97 Å². The van der Waals surface area contributed by atoms with Gasteiger partial charge < -0.3 is 4.74 Å². The van der Waals surface area contributed by atoms with E-state index in [1.165, 1.54) is 0 Å². The van der Waals surface area contributed by atoms with E-state index in [1.54, 1.807) is 6.92 Å². The van der Waals surface area contributed by atoms with E-state index in [9.17, 15) is 4.79 Å². The standard InChI is InChI=1S/C11H12O2/c1-9(2)11(12)13-8-10-6-4-3-5-7-10/h3-7H,1,8H2,2H3/i2+1,11+1. The van der Waals surface area contributed by atoms with Crippen LogP contribution in [0.1, 0.15) is 12.5 Å². The van der Waals surface area contributed by atoms with Crippen LogP contribution in [0.2, 0.25) is 0 Å². The summed E-state index contributed by atoms with van der Waals surface area (Å²) >= 11 is 0. The van der Waals surface area contributed by atoms with Crippen molar-refractivity contribution in [3.8, 4) is 0 Å². The van der Waals surface area contributed by atoms with Gasteiger partial charge in [-0.25, -0.2) is 4.79 Å². The molecule has 0 saturated heterocycles. The Balaban J connectivity index is 2.44. The third-order valence-corrected chi connectivity index (χ3v) is 1.56. The van der Waals surface area contributed by atoms with Crippen LogP contribution in [0.5, 0.6) is 0 Å². The van der Waals surface area contributed by atoms with Crippen molar-refractivity contribution in [3.63, 3.8) is 0 Å². The molecule has 68 valence electrons. The monoisotopic (exact) mass is 178 g/mol. The number of hydrogen-bond acceptors (Lipinski definition) is 2. The molecule has 0 unspecified atom stereocenters. The van der Waals surface area contributed by atoms with Crippen molar-refractivity contribution in [1.82, 2.24) is 0 Å². The van der Waals surface area contributed by atoms with Gasteiger partial charge in [-0.15, -0.1) is 0 Å². The Kier molecular flexibility index (Phi) is 3.26. The van der Waals surface area contributed by atoms with Crippen LogP contribution in [0.25, 0.3) is 0 Å². The van der Waals surface area contributed by atoms with Crippen molar-refractivity contribution in [2.45, 2.75) is 13.5 Å². The Morgan fingerprint density at radius 2 is 2.00 bits per heavy atom. The number of carbonyl (C=O) groups excluding carboxylic acids is 1. The fourth-order valence-electron chi connectivity index (χ4n) is 0.846. The summed E-state index contributed by atoms with van der Waals surface area (Å²) in [5.41, 5.74) is 1.41. The van der Waals surface area contributed by atoms with E-state index in [2.05, 4.69) is 6.58 Å². The van der Waals surface area contributed by atoms with Gasteiger partial charge in [-0.2, -0.15) is 0 Å². The Labute approximate surface area is 77.8 Å². The van der Waals surface area contributed by atoms with Gasteiger partial charge in [0.2, 0.25) is 0 Å². The van der Waals surface area contributed by atoms with E-state index in [4.69, 9.17) is 4.74 Å². The normalized spacial score (nSPS) is 9.31. The van der Waals surface area contributed by atoms with Crippen LogP contribution in [0, 0.1) is 0 Å². The summed E-state index contributed by atoms with van der Waals surface area (Å²) in [6.07, 6.45) is 0. The molecule has 0 saturated carbocycles. The van der Waals surface area contributed by atoms with Gasteiger partial charge in [-0.1, -0.05) is 36.9 Å². The Morgan fingerprint density at radius 1 is 1.38 bits per heavy atom. The minimum absolute atomic E-state index is 0.312. The lowest BCUT2D eigenvalue weighted by Gasteiger charge is -2.03. The molecule has 2 heteroatoms. The molecule has 0 N–H and O–H groups in total. The molecule has 0 bridgehead atoms. The van der Waals surface area contributed by atoms with Gasteiger partial charge in [0.25, 0.3) is 0 Å². The molecule has 0 aromatic heterocycles. The van der Waals surface area contributed by atoms with Crippen molar-refractivity contribution in [1.29, 1.82) is 0 Å². The highest BCUT2D eigenvalue weighted by atomic mass is 16.6. The van der Waals surface area contributed by atoms with Crippen LogP contribution in [0.4, 0.5) is 0 Å². The number of rotatable bonds is 3. The summed E-state index contributed by atoms with van der Waals surface area (Å²) in [6.45, 7) is 5.44. The molecule has 0 heterocycles. The minimum Gasteiger partial charge on any atom is -0.457 e. The molecular formula is C11H12O2. The first-order valence-electron chi connectivity index (χ1n) is 4.06. The first-order valence-corrected chi connectivity index (χ1v) is 4.06. The quantitative estimate of drug-likeness (QED) is 0.403. The Hall–Kier alpha value is -1.57. The first kappa shape index (κ1) is 9.52. The van der Waals surface area contributed by atoms with Crippen LogP contribution >= 0.6 is 0 Å². The van der Waals surface area contributed by atoms with Crippen molar-refractivity contribution >= 4 is 5.97 Å². The zero-order valence-corrected chi connectivity index (χ0v) is 7.62. The van der Waals surface area contributed by atoms with Crippen LogP contribution in [0.3, 0.4) is 0 Å². The lowest BCUT2D eigenvalue weighted by Crippen LogP contribution is -2.04. The number of hydrogen-bond donors (Lipinski definition) is 0. The zero-order valence-electron chi connectivity index (χ0n) is 7.62. The molecule has 0 fully saturated rings. The lowest BCUT2D eigenvalue weighted by atomic mass is 10.2. The number of benzene rings is 1. The second-order valence-corrected chi connectivity index (χ2v) is 2.84. The molecule has 1 aromatic rings. The topological polar surface area (TPSA) is 26.3 Å². The smallest absolute Gasteiger partial charge is 0.333 e. The summed E-state index contributed by atoms with van der Waals surface area (Å²) in [7, 11) is 0. The van der Waals surface area contributed by atoms with Gasteiger partial charge in [-0.05, 0) is 12.5 Å². The first-order chi connectivity index (χ1) is 6.20. The lowest BCUT2D eigenvalue weighted by molar-refractivity contribution is -0.140. The molecule has 0 atom stereocenters. The third kappa shape index (κ3) is 3.11. The van der Waals surface area contributed by atoms with E-state index in [0.29, 0.717) is 12.2 Å². The van der Waals surface area contributed by atoms with Crippen molar-refractivity contribution in [2.75, 3.05) is 0 Å². The van der Waals surface area contributed by atoms with Crippen molar-refractivity contribution in [3.05, 3.63) is 48.0 Å². The second-order valence-electron chi connectivity index (χ2n) is 2.84. The molecule has 2 nitrogen and oxygen atoms in total. The molecule has 0 amide bonds. The van der Waals surface area contributed by atoms with E-state index in [1.807, 2.05) is 30.3 Å². The predicted octanol–water partition coefficient (Wildman–Crippen LogP) is 2.31. The third-order valence-electron chi connectivity index (χ3n) is 1.56. The Bertz CT molecular complexity index is 301. The van der Waals surface area contributed by atoms with Gasteiger partial charge in [0, 0.05) is 5.57 Å². The summed E-state index contributed by atoms with van der Waals surface area (Å²) in [4.78, 5) is 11.0. The number of carbonyl (C=O) groups is 1. The second kappa shape index (κ2) is 4.45. The van der Waals surface area contributed by atoms with Crippen LogP contribution in [-0.2, 0) is 16.1 Å². The maximum atomic E-state index is 11.0. The summed E-state index contributed by atoms with van der Waals surface area (Å²) in [5, 5.41) is 0. The predicted molar refractivity (Wildman–Crippen MR) is 51.1 cm³/mol. The fourth-order valence-corrected chi connectivity index (χ4v) is 0.846. The molecule has 0 aliphatic heterocycles. The minimum atomic E-state index is -0.344. The maximum Gasteiger partial charge on any atom is 0.333 e. The number of ether oxygens (including phenoxy) is 1. The van der Waals surface area contributed by atoms with Crippen molar-refractivity contribution in [2.24, 2.45) is 0 Å². The largest absolute Gasteiger partial charge is 0.457 e. The average Bonchev–Trinajstić information content (AvgIpc) is 2.15. The van der Waals surface area contributed by atoms with Crippen LogP contribution < -0.4 is 0 Å². The molecule has 1 aromatic carbocycles. The SMILES string of the molecule is C=C([13CH3])[13C](=O)OCc1ccccc1. The van der Waals surface area contributed by atoms with E-state index < -0.39 is 0 Å². The van der Waals surface area contributed by atoms with Gasteiger partial charge >= 0.3 is 5.97 Å². The summed E-state index contributed by atoms with van der Waals surface area (Å²) < 4.78 is 4.95. The molecule has 0 aliphatic rings. The van der Waals surface area contributed by atoms with Gasteiger partial charge in [0.05, 0.1) is 0 Å². The molecular weight excluding hydrogens is 166 g/mol. The van der Waals surface area contributed by atoms with Crippen molar-refractivity contribution < 1.29 is 9.53 Å². The maximum absolute atomic E-state index is 11.0.